The number of sulfonamides is 1. The van der Waals surface area contributed by atoms with Crippen molar-refractivity contribution in [1.82, 2.24) is 9.21 Å². The quantitative estimate of drug-likeness (QED) is 0.389. The average molecular weight is 491 g/mol. The van der Waals surface area contributed by atoms with Crippen molar-refractivity contribution >= 4 is 55.8 Å². The fraction of sp³-hybridized carbons (Fsp3) is 0.273. The number of fused-ring (bicyclic) bond motifs is 1. The summed E-state index contributed by atoms with van der Waals surface area (Å²) in [5.74, 6) is -0.273. The Balaban J connectivity index is 1.32. The number of thioether (sulfide) groups is 1. The van der Waals surface area contributed by atoms with Gasteiger partial charge in [0, 0.05) is 36.5 Å². The maximum absolute atomic E-state index is 12.9. The Morgan fingerprint density at radius 3 is 2.47 bits per heavy atom. The Kier molecular flexibility index (Phi) is 6.85. The number of hydrogen-bond acceptors (Lipinski definition) is 7. The minimum atomic E-state index is -3.71. The smallest absolute Gasteiger partial charge is 0.338 e. The second-order valence-corrected chi connectivity index (χ2v) is 11.4. The Hall–Kier alpha value is -2.40. The number of methoxy groups -OCH3 is 1. The summed E-state index contributed by atoms with van der Waals surface area (Å²) in [6.07, 6.45) is 0. The molecule has 0 bridgehead atoms. The summed E-state index contributed by atoms with van der Waals surface area (Å²) < 4.78 is 31.9. The molecule has 32 heavy (non-hydrogen) atoms. The van der Waals surface area contributed by atoms with Crippen LogP contribution in [0, 0.1) is 0 Å². The minimum absolute atomic E-state index is 0.00990. The van der Waals surface area contributed by atoms with Gasteiger partial charge < -0.3 is 9.64 Å². The number of nitrogens with zero attached hydrogens (tertiary/aromatic N) is 2. The zero-order valence-corrected chi connectivity index (χ0v) is 19.8. The maximum Gasteiger partial charge on any atom is 0.338 e. The second kappa shape index (κ2) is 9.62. The maximum atomic E-state index is 12.9. The van der Waals surface area contributed by atoms with Crippen molar-refractivity contribution in [3.05, 3.63) is 59.5 Å². The lowest BCUT2D eigenvalue weighted by molar-refractivity contribution is -0.129. The van der Waals surface area contributed by atoms with Crippen LogP contribution in [0.15, 0.2) is 63.0 Å². The van der Waals surface area contributed by atoms with E-state index in [1.807, 2.05) is 30.3 Å². The van der Waals surface area contributed by atoms with Gasteiger partial charge in [-0.15, -0.1) is 23.1 Å². The van der Waals surface area contributed by atoms with Crippen LogP contribution in [0.5, 0.6) is 0 Å². The molecule has 1 aliphatic rings. The van der Waals surface area contributed by atoms with Gasteiger partial charge in [0.1, 0.15) is 4.21 Å². The zero-order chi connectivity index (χ0) is 22.7. The molecular formula is C22H22N2O5S3. The normalized spacial score (nSPS) is 15.1. The summed E-state index contributed by atoms with van der Waals surface area (Å²) in [6, 6.07) is 15.5. The van der Waals surface area contributed by atoms with Crippen LogP contribution in [0.3, 0.4) is 0 Å². The second-order valence-electron chi connectivity index (χ2n) is 7.23. The van der Waals surface area contributed by atoms with E-state index in [-0.39, 0.29) is 28.8 Å². The molecule has 168 valence electrons. The van der Waals surface area contributed by atoms with Gasteiger partial charge in [-0.2, -0.15) is 4.31 Å². The lowest BCUT2D eigenvalue weighted by atomic mass is 10.1. The molecule has 2 heterocycles. The molecule has 3 aromatic rings. The number of amides is 1. The van der Waals surface area contributed by atoms with E-state index in [0.29, 0.717) is 18.8 Å². The summed E-state index contributed by atoms with van der Waals surface area (Å²) in [7, 11) is -2.45. The zero-order valence-electron chi connectivity index (χ0n) is 17.4. The van der Waals surface area contributed by atoms with Crippen molar-refractivity contribution in [3.8, 4) is 0 Å². The number of esters is 1. The monoisotopic (exact) mass is 490 g/mol. The summed E-state index contributed by atoms with van der Waals surface area (Å²) in [6.45, 7) is 1.12. The molecular weight excluding hydrogens is 468 g/mol. The van der Waals surface area contributed by atoms with Gasteiger partial charge in [0.05, 0.1) is 18.4 Å². The number of piperazine rings is 1. The number of benzene rings is 2. The molecule has 1 fully saturated rings. The lowest BCUT2D eigenvalue weighted by Gasteiger charge is -2.33. The minimum Gasteiger partial charge on any atom is -0.465 e. The first-order chi connectivity index (χ1) is 15.4. The van der Waals surface area contributed by atoms with E-state index in [2.05, 4.69) is 16.9 Å². The molecule has 1 saturated heterocycles. The predicted molar refractivity (Wildman–Crippen MR) is 126 cm³/mol. The van der Waals surface area contributed by atoms with E-state index in [0.717, 1.165) is 27.0 Å². The first kappa shape index (κ1) is 22.8. The highest BCUT2D eigenvalue weighted by atomic mass is 32.2. The van der Waals surface area contributed by atoms with Gasteiger partial charge in [-0.05, 0) is 29.0 Å². The van der Waals surface area contributed by atoms with E-state index in [1.54, 1.807) is 4.90 Å². The van der Waals surface area contributed by atoms with Gasteiger partial charge >= 0.3 is 5.97 Å². The third-order valence-corrected chi connectivity index (χ3v) is 9.56. The van der Waals surface area contributed by atoms with Crippen LogP contribution in [0.1, 0.15) is 10.4 Å². The standard InChI is InChI=1S/C22H22N2O5S3/c1-29-22(26)18-13-21(31-14-18)32(27,28)24-10-8-23(9-11-24)20(25)15-30-19-7-6-16-4-2-3-5-17(16)12-19/h2-7,12-14H,8-11,15H2,1H3. The number of rotatable bonds is 6. The lowest BCUT2D eigenvalue weighted by Crippen LogP contribution is -2.50. The van der Waals surface area contributed by atoms with Crippen LogP contribution < -0.4 is 0 Å². The first-order valence-electron chi connectivity index (χ1n) is 9.95. The summed E-state index contributed by atoms with van der Waals surface area (Å²) in [5, 5.41) is 3.76. The van der Waals surface area contributed by atoms with E-state index in [9.17, 15) is 18.0 Å². The highest BCUT2D eigenvalue weighted by molar-refractivity contribution is 8.00. The summed E-state index contributed by atoms with van der Waals surface area (Å²) in [4.78, 5) is 27.0. The van der Waals surface area contributed by atoms with Crippen LogP contribution in [0.25, 0.3) is 10.8 Å². The molecule has 2 aromatic carbocycles. The van der Waals surface area contributed by atoms with E-state index in [4.69, 9.17) is 0 Å². The molecule has 0 saturated carbocycles. The van der Waals surface area contributed by atoms with E-state index in [1.165, 1.54) is 34.6 Å². The van der Waals surface area contributed by atoms with Crippen LogP contribution >= 0.6 is 23.1 Å². The van der Waals surface area contributed by atoms with Crippen molar-refractivity contribution in [2.75, 3.05) is 39.0 Å². The Morgan fingerprint density at radius 2 is 1.75 bits per heavy atom. The van der Waals surface area contributed by atoms with Gasteiger partial charge in [-0.1, -0.05) is 30.3 Å². The molecule has 7 nitrogen and oxygen atoms in total. The van der Waals surface area contributed by atoms with Gasteiger partial charge in [0.15, 0.2) is 0 Å². The highest BCUT2D eigenvalue weighted by Gasteiger charge is 2.31. The molecule has 4 rings (SSSR count). The Bertz CT molecular complexity index is 1250. The SMILES string of the molecule is COC(=O)c1csc(S(=O)(=O)N2CCN(C(=O)CSc3ccc4ccccc4c3)CC2)c1. The molecule has 0 N–H and O–H groups in total. The van der Waals surface area contributed by atoms with Gasteiger partial charge in [0.2, 0.25) is 5.91 Å². The van der Waals surface area contributed by atoms with Gasteiger partial charge in [-0.3, -0.25) is 4.79 Å². The van der Waals surface area contributed by atoms with Crippen LogP contribution in [-0.4, -0.2) is 68.5 Å². The number of hydrogen-bond donors (Lipinski definition) is 0. The first-order valence-corrected chi connectivity index (χ1v) is 13.3. The van der Waals surface area contributed by atoms with Crippen molar-refractivity contribution < 1.29 is 22.7 Å². The van der Waals surface area contributed by atoms with Gasteiger partial charge in [0.25, 0.3) is 10.0 Å². The molecule has 1 aliphatic heterocycles. The number of carbonyl (C=O) groups excluding carboxylic acids is 2. The summed E-state index contributed by atoms with van der Waals surface area (Å²) in [5.41, 5.74) is 0.218. The molecule has 0 aliphatic carbocycles. The fourth-order valence-electron chi connectivity index (χ4n) is 3.48. The average Bonchev–Trinajstić information content (AvgIpc) is 3.33. The molecule has 0 spiro atoms. The van der Waals surface area contributed by atoms with Crippen molar-refractivity contribution in [1.29, 1.82) is 0 Å². The van der Waals surface area contributed by atoms with Gasteiger partial charge in [-0.25, -0.2) is 13.2 Å². The fourth-order valence-corrected chi connectivity index (χ4v) is 7.05. The molecule has 1 aromatic heterocycles. The predicted octanol–water partition coefficient (Wildman–Crippen LogP) is 3.31. The third-order valence-electron chi connectivity index (χ3n) is 5.27. The van der Waals surface area contributed by atoms with Crippen LogP contribution in [0.4, 0.5) is 0 Å². The molecule has 0 atom stereocenters. The molecule has 0 radical (unpaired) electrons. The molecule has 10 heteroatoms. The summed E-state index contributed by atoms with van der Waals surface area (Å²) >= 11 is 2.48. The van der Waals surface area contributed by atoms with Crippen molar-refractivity contribution in [2.45, 2.75) is 9.10 Å². The largest absolute Gasteiger partial charge is 0.465 e. The Morgan fingerprint density at radius 1 is 1.03 bits per heavy atom. The topological polar surface area (TPSA) is 84.0 Å². The van der Waals surface area contributed by atoms with Crippen LogP contribution in [-0.2, 0) is 19.6 Å². The van der Waals surface area contributed by atoms with E-state index < -0.39 is 16.0 Å². The van der Waals surface area contributed by atoms with E-state index >= 15 is 0 Å². The van der Waals surface area contributed by atoms with Crippen molar-refractivity contribution in [2.24, 2.45) is 0 Å². The number of carbonyl (C=O) groups is 2. The molecule has 0 unspecified atom stereocenters. The number of ether oxygens (including phenoxy) is 1. The number of thiophene rings is 1. The van der Waals surface area contributed by atoms with Crippen molar-refractivity contribution in [3.63, 3.8) is 0 Å². The Labute approximate surface area is 195 Å². The molecule has 1 amide bonds. The third kappa shape index (κ3) is 4.83. The van der Waals surface area contributed by atoms with Crippen LogP contribution in [0.2, 0.25) is 0 Å². The highest BCUT2D eigenvalue weighted by Crippen LogP contribution is 2.26.